The van der Waals surface area contributed by atoms with Crippen molar-refractivity contribution in [3.8, 4) is 0 Å². The van der Waals surface area contributed by atoms with E-state index in [0.29, 0.717) is 17.7 Å². The molecule has 4 atom stereocenters. The molecule has 1 saturated carbocycles. The summed E-state index contributed by atoms with van der Waals surface area (Å²) in [6.45, 7) is 4.41. The summed E-state index contributed by atoms with van der Waals surface area (Å²) in [4.78, 5) is 11.5. The van der Waals surface area contributed by atoms with E-state index >= 15 is 0 Å². The van der Waals surface area contributed by atoms with Crippen LogP contribution in [0, 0.1) is 5.92 Å². The fourth-order valence-electron chi connectivity index (χ4n) is 3.00. The smallest absolute Gasteiger partial charge is 0.318 e. The maximum Gasteiger partial charge on any atom is 0.318 e. The lowest BCUT2D eigenvalue weighted by molar-refractivity contribution is -0.139. The molecule has 19 heavy (non-hydrogen) atoms. The van der Waals surface area contributed by atoms with E-state index in [1.165, 1.54) is 32.8 Å². The highest BCUT2D eigenvalue weighted by Gasteiger charge is 2.43. The summed E-state index contributed by atoms with van der Waals surface area (Å²) < 4.78 is 16.0. The molecule has 110 valence electrons. The first-order chi connectivity index (χ1) is 9.10. The topological polar surface area (TPSA) is 48.1 Å². The number of methoxy groups -OCH3 is 1. The Hall–Kier alpha value is -0.393. The number of ether oxygens (including phenoxy) is 2. The molecule has 0 radical (unpaired) electrons. The zero-order chi connectivity index (χ0) is 13.8. The summed E-state index contributed by atoms with van der Waals surface area (Å²) in [5.41, 5.74) is 0.495. The van der Waals surface area contributed by atoms with Crippen LogP contribution in [0.4, 0.5) is 0 Å². The van der Waals surface area contributed by atoms with E-state index in [9.17, 15) is 4.79 Å². The van der Waals surface area contributed by atoms with Gasteiger partial charge in [0.25, 0.3) is 0 Å². The number of carbonyl (C=O) groups is 1. The van der Waals surface area contributed by atoms with Crippen LogP contribution in [0.15, 0.2) is 0 Å². The van der Waals surface area contributed by atoms with Gasteiger partial charge in [0.15, 0.2) is 0 Å². The molecule has 0 aromatic heterocycles. The van der Waals surface area contributed by atoms with Gasteiger partial charge in [-0.3, -0.25) is 4.79 Å². The zero-order valence-corrected chi connectivity index (χ0v) is 13.4. The van der Waals surface area contributed by atoms with Crippen LogP contribution in [-0.4, -0.2) is 40.9 Å². The SMILES string of the molecule is COCC(=O)O[SiH](CCC1CCC2OC2C1)C(C)C. The number of epoxide rings is 1. The highest BCUT2D eigenvalue weighted by Crippen LogP contribution is 2.41. The second-order valence-electron chi connectivity index (χ2n) is 6.17. The van der Waals surface area contributed by atoms with E-state index in [4.69, 9.17) is 13.9 Å². The van der Waals surface area contributed by atoms with Gasteiger partial charge in [0.1, 0.15) is 6.61 Å². The summed E-state index contributed by atoms with van der Waals surface area (Å²) in [5.74, 6) is 0.584. The molecule has 0 aromatic carbocycles. The average molecular weight is 286 g/mol. The molecule has 2 aliphatic rings. The molecule has 4 unspecified atom stereocenters. The molecule has 2 rings (SSSR count). The van der Waals surface area contributed by atoms with Crippen molar-refractivity contribution in [3.05, 3.63) is 0 Å². The third kappa shape index (κ3) is 4.58. The quantitative estimate of drug-likeness (QED) is 0.532. The molecular formula is C14H26O4Si. The molecule has 2 fully saturated rings. The van der Waals surface area contributed by atoms with Crippen molar-refractivity contribution in [2.75, 3.05) is 13.7 Å². The summed E-state index contributed by atoms with van der Waals surface area (Å²) >= 11 is 0. The van der Waals surface area contributed by atoms with Crippen LogP contribution in [0.25, 0.3) is 0 Å². The van der Waals surface area contributed by atoms with Crippen LogP contribution in [0.1, 0.15) is 39.5 Å². The van der Waals surface area contributed by atoms with Crippen LogP contribution in [0.2, 0.25) is 11.6 Å². The molecule has 0 amide bonds. The molecule has 1 saturated heterocycles. The van der Waals surface area contributed by atoms with Crippen LogP contribution in [-0.2, 0) is 18.7 Å². The van der Waals surface area contributed by atoms with Crippen LogP contribution >= 0.6 is 0 Å². The Morgan fingerprint density at radius 1 is 1.37 bits per heavy atom. The summed E-state index contributed by atoms with van der Waals surface area (Å²) in [7, 11) is 0.0845. The van der Waals surface area contributed by atoms with E-state index in [-0.39, 0.29) is 12.6 Å². The third-order valence-electron chi connectivity index (χ3n) is 4.26. The maximum atomic E-state index is 11.5. The van der Waals surface area contributed by atoms with Crippen molar-refractivity contribution in [2.24, 2.45) is 5.92 Å². The first-order valence-corrected chi connectivity index (χ1v) is 9.39. The summed E-state index contributed by atoms with van der Waals surface area (Å²) in [6.07, 6.45) is 6.06. The Bertz CT molecular complexity index is 308. The standard InChI is InChI=1S/C14H26O4Si/c1-10(2)19(18-14(15)9-16-3)7-6-11-4-5-12-13(8-11)17-12/h10-13,19H,4-9H2,1-3H3. The van der Waals surface area contributed by atoms with E-state index in [2.05, 4.69) is 13.8 Å². The highest BCUT2D eigenvalue weighted by molar-refractivity contribution is 6.55. The molecule has 4 nitrogen and oxygen atoms in total. The fraction of sp³-hybridized carbons (Fsp3) is 0.929. The average Bonchev–Trinajstić information content (AvgIpc) is 3.12. The van der Waals surface area contributed by atoms with Gasteiger partial charge in [-0.05, 0) is 43.2 Å². The van der Waals surface area contributed by atoms with Gasteiger partial charge in [-0.15, -0.1) is 0 Å². The number of rotatable bonds is 7. The molecule has 0 bridgehead atoms. The monoisotopic (exact) mass is 286 g/mol. The molecular weight excluding hydrogens is 260 g/mol. The van der Waals surface area contributed by atoms with Crippen molar-refractivity contribution in [1.29, 1.82) is 0 Å². The van der Waals surface area contributed by atoms with Gasteiger partial charge in [-0.1, -0.05) is 13.8 Å². The van der Waals surface area contributed by atoms with E-state index in [1.807, 2.05) is 0 Å². The predicted octanol–water partition coefficient (Wildman–Crippen LogP) is 2.27. The Balaban J connectivity index is 1.71. The van der Waals surface area contributed by atoms with Crippen molar-refractivity contribution in [2.45, 2.75) is 63.3 Å². The van der Waals surface area contributed by atoms with Gasteiger partial charge < -0.3 is 13.9 Å². The second kappa shape index (κ2) is 6.86. The van der Waals surface area contributed by atoms with Crippen LogP contribution in [0.3, 0.4) is 0 Å². The minimum Gasteiger partial charge on any atom is -0.520 e. The van der Waals surface area contributed by atoms with Gasteiger partial charge >= 0.3 is 5.97 Å². The Morgan fingerprint density at radius 3 is 2.79 bits per heavy atom. The Kier molecular flexibility index (Phi) is 5.42. The van der Waals surface area contributed by atoms with E-state index in [0.717, 1.165) is 12.0 Å². The number of fused-ring (bicyclic) bond motifs is 1. The maximum absolute atomic E-state index is 11.5. The minimum atomic E-state index is -1.44. The molecule has 1 aliphatic heterocycles. The fourth-order valence-corrected chi connectivity index (χ4v) is 5.26. The molecule has 0 spiro atoms. The lowest BCUT2D eigenvalue weighted by Crippen LogP contribution is -2.28. The number of carbonyl (C=O) groups excluding carboxylic acids is 1. The summed E-state index contributed by atoms with van der Waals surface area (Å²) in [5, 5.41) is 0. The van der Waals surface area contributed by atoms with Crippen molar-refractivity contribution in [1.82, 2.24) is 0 Å². The first kappa shape index (κ1) is 15.0. The van der Waals surface area contributed by atoms with Crippen molar-refractivity contribution >= 4 is 15.0 Å². The van der Waals surface area contributed by atoms with Gasteiger partial charge in [-0.2, -0.15) is 0 Å². The van der Waals surface area contributed by atoms with Crippen LogP contribution in [0.5, 0.6) is 0 Å². The molecule has 0 aromatic rings. The molecule has 5 heteroatoms. The summed E-state index contributed by atoms with van der Waals surface area (Å²) in [6, 6.07) is 1.09. The molecule has 1 heterocycles. The van der Waals surface area contributed by atoms with Gasteiger partial charge in [-0.25, -0.2) is 0 Å². The van der Waals surface area contributed by atoms with Gasteiger partial charge in [0.05, 0.1) is 12.2 Å². The Labute approximate surface area is 117 Å². The molecule has 0 N–H and O–H groups in total. The lowest BCUT2D eigenvalue weighted by Gasteiger charge is -2.23. The van der Waals surface area contributed by atoms with Gasteiger partial charge in [0, 0.05) is 7.11 Å². The first-order valence-electron chi connectivity index (χ1n) is 7.44. The second-order valence-corrected chi connectivity index (χ2v) is 9.40. The van der Waals surface area contributed by atoms with Gasteiger partial charge in [0.2, 0.25) is 9.04 Å². The largest absolute Gasteiger partial charge is 0.520 e. The predicted molar refractivity (Wildman–Crippen MR) is 75.6 cm³/mol. The minimum absolute atomic E-state index is 0.0806. The molecule has 1 aliphatic carbocycles. The normalized spacial score (nSPS) is 30.8. The Morgan fingerprint density at radius 2 is 2.16 bits per heavy atom. The van der Waals surface area contributed by atoms with E-state index < -0.39 is 9.04 Å². The van der Waals surface area contributed by atoms with Crippen LogP contribution < -0.4 is 0 Å². The van der Waals surface area contributed by atoms with Crippen molar-refractivity contribution in [3.63, 3.8) is 0 Å². The zero-order valence-electron chi connectivity index (χ0n) is 12.3. The van der Waals surface area contributed by atoms with Crippen molar-refractivity contribution < 1.29 is 18.7 Å². The number of hydrogen-bond donors (Lipinski definition) is 0. The van der Waals surface area contributed by atoms with E-state index in [1.54, 1.807) is 0 Å². The third-order valence-corrected chi connectivity index (χ3v) is 7.22. The number of hydrogen-bond acceptors (Lipinski definition) is 4. The highest BCUT2D eigenvalue weighted by atomic mass is 28.3. The lowest BCUT2D eigenvalue weighted by atomic mass is 9.88.